The van der Waals surface area contributed by atoms with E-state index in [2.05, 4.69) is 57.2 Å². The van der Waals surface area contributed by atoms with E-state index in [1.165, 1.54) is 98.4 Å². The average Bonchev–Trinajstić information content (AvgIpc) is 3.17. The first kappa shape index (κ1) is 24.7. The van der Waals surface area contributed by atoms with Crippen LogP contribution >= 0.6 is 0 Å². The molecule has 0 N–H and O–H groups in total. The molecular weight excluding hydrogens is 388 g/mol. The highest BCUT2D eigenvalue weighted by molar-refractivity contribution is 5.97. The molecule has 1 aliphatic carbocycles. The van der Waals surface area contributed by atoms with Crippen LogP contribution in [0.2, 0.25) is 0 Å². The Balaban J connectivity index is 1.56. The largest absolute Gasteiger partial charge is 0.294 e. The third-order valence-corrected chi connectivity index (χ3v) is 7.29. The van der Waals surface area contributed by atoms with Crippen molar-refractivity contribution in [3.05, 3.63) is 58.7 Å². The van der Waals surface area contributed by atoms with Gasteiger partial charge in [0.25, 0.3) is 0 Å². The van der Waals surface area contributed by atoms with Gasteiger partial charge < -0.3 is 0 Å². The molecule has 0 aliphatic heterocycles. The fourth-order valence-corrected chi connectivity index (χ4v) is 5.29. The van der Waals surface area contributed by atoms with Gasteiger partial charge in [-0.15, -0.1) is 0 Å². The second kappa shape index (κ2) is 13.0. The maximum atomic E-state index is 12.9. The predicted molar refractivity (Wildman–Crippen MR) is 139 cm³/mol. The maximum absolute atomic E-state index is 12.9. The smallest absolute Gasteiger partial charge is 0.162 e. The zero-order valence-electron chi connectivity index (χ0n) is 20.8. The van der Waals surface area contributed by atoms with Crippen LogP contribution in [0.3, 0.4) is 0 Å². The molecule has 1 aliphatic rings. The molecule has 0 fully saturated rings. The van der Waals surface area contributed by atoms with Crippen LogP contribution in [-0.2, 0) is 12.8 Å². The van der Waals surface area contributed by atoms with Gasteiger partial charge in [-0.25, -0.2) is 0 Å². The standard InChI is InChI=1S/C31H44O/c1-4-7-10-14-25-17-19-29-27(21-25)23-28-22-26(18-20-30(28)29)31(32)16-11-15-24(12-8-5-2)13-9-6-3/h17-22,24H,4-16,23H2,1-3H3. The molecule has 0 saturated heterocycles. The monoisotopic (exact) mass is 432 g/mol. The number of aryl methyl sites for hydroxylation is 1. The zero-order valence-corrected chi connectivity index (χ0v) is 20.8. The molecule has 0 spiro atoms. The van der Waals surface area contributed by atoms with Crippen LogP contribution in [-0.4, -0.2) is 5.78 Å². The molecule has 2 aromatic carbocycles. The Bertz CT molecular complexity index is 855. The van der Waals surface area contributed by atoms with E-state index >= 15 is 0 Å². The second-order valence-electron chi connectivity index (χ2n) is 9.96. The van der Waals surface area contributed by atoms with E-state index in [1.54, 1.807) is 0 Å². The number of hydrogen-bond acceptors (Lipinski definition) is 1. The predicted octanol–water partition coefficient (Wildman–Crippen LogP) is 9.34. The summed E-state index contributed by atoms with van der Waals surface area (Å²) < 4.78 is 0. The van der Waals surface area contributed by atoms with Crippen LogP contribution in [0.4, 0.5) is 0 Å². The van der Waals surface area contributed by atoms with E-state index in [0.717, 1.165) is 24.3 Å². The number of hydrogen-bond donors (Lipinski definition) is 0. The number of unbranched alkanes of at least 4 members (excludes halogenated alkanes) is 4. The Kier molecular flexibility index (Phi) is 10.0. The van der Waals surface area contributed by atoms with Gasteiger partial charge in [0.05, 0.1) is 0 Å². The van der Waals surface area contributed by atoms with Crippen molar-refractivity contribution in [3.63, 3.8) is 0 Å². The number of carbonyl (C=O) groups is 1. The van der Waals surface area contributed by atoms with E-state index in [1.807, 2.05) is 0 Å². The molecule has 174 valence electrons. The van der Waals surface area contributed by atoms with Crippen molar-refractivity contribution < 1.29 is 4.79 Å². The molecular formula is C31H44O. The van der Waals surface area contributed by atoms with Crippen LogP contribution in [0, 0.1) is 5.92 Å². The minimum Gasteiger partial charge on any atom is -0.294 e. The quantitative estimate of drug-likeness (QED) is 0.173. The van der Waals surface area contributed by atoms with Crippen LogP contribution in [0.1, 0.15) is 125 Å². The van der Waals surface area contributed by atoms with Gasteiger partial charge in [-0.05, 0) is 65.5 Å². The van der Waals surface area contributed by atoms with Crippen LogP contribution in [0.5, 0.6) is 0 Å². The van der Waals surface area contributed by atoms with E-state index in [0.29, 0.717) is 12.2 Å². The fraction of sp³-hybridized carbons (Fsp3) is 0.581. The first-order valence-electron chi connectivity index (χ1n) is 13.4. The number of carbonyl (C=O) groups excluding carboxylic acids is 1. The summed E-state index contributed by atoms with van der Waals surface area (Å²) in [5, 5.41) is 0. The number of fused-ring (bicyclic) bond motifs is 3. The summed E-state index contributed by atoms with van der Waals surface area (Å²) in [5.41, 5.74) is 7.85. The highest BCUT2D eigenvalue weighted by atomic mass is 16.1. The lowest BCUT2D eigenvalue weighted by Crippen LogP contribution is -2.04. The Morgan fingerprint density at radius 2 is 1.38 bits per heavy atom. The van der Waals surface area contributed by atoms with Crippen LogP contribution < -0.4 is 0 Å². The van der Waals surface area contributed by atoms with Gasteiger partial charge in [-0.1, -0.05) is 109 Å². The first-order valence-corrected chi connectivity index (χ1v) is 13.4. The minimum absolute atomic E-state index is 0.328. The Morgan fingerprint density at radius 3 is 2.06 bits per heavy atom. The van der Waals surface area contributed by atoms with Gasteiger partial charge >= 0.3 is 0 Å². The highest BCUT2D eigenvalue weighted by Crippen LogP contribution is 2.38. The molecule has 0 radical (unpaired) electrons. The van der Waals surface area contributed by atoms with Gasteiger partial charge in [0.2, 0.25) is 0 Å². The van der Waals surface area contributed by atoms with Crippen LogP contribution in [0.15, 0.2) is 36.4 Å². The summed E-state index contributed by atoms with van der Waals surface area (Å²) in [5.74, 6) is 1.14. The Hall–Kier alpha value is -1.89. The molecule has 0 atom stereocenters. The number of Topliss-reactive ketones (excluding diaryl/α,β-unsaturated/α-hetero) is 1. The van der Waals surface area contributed by atoms with E-state index in [-0.39, 0.29) is 0 Å². The lowest BCUT2D eigenvalue weighted by Gasteiger charge is -2.16. The van der Waals surface area contributed by atoms with Crippen molar-refractivity contribution >= 4 is 5.78 Å². The van der Waals surface area contributed by atoms with E-state index < -0.39 is 0 Å². The zero-order chi connectivity index (χ0) is 22.8. The molecule has 3 rings (SSSR count). The highest BCUT2D eigenvalue weighted by Gasteiger charge is 2.20. The molecule has 32 heavy (non-hydrogen) atoms. The summed E-state index contributed by atoms with van der Waals surface area (Å²) in [6.07, 6.45) is 16.8. The topological polar surface area (TPSA) is 17.1 Å². The molecule has 0 aromatic heterocycles. The van der Waals surface area contributed by atoms with Crippen molar-refractivity contribution in [3.8, 4) is 11.1 Å². The minimum atomic E-state index is 0.328. The van der Waals surface area contributed by atoms with E-state index in [9.17, 15) is 4.79 Å². The van der Waals surface area contributed by atoms with Crippen molar-refractivity contribution in [2.45, 2.75) is 111 Å². The summed E-state index contributed by atoms with van der Waals surface area (Å²) in [4.78, 5) is 12.9. The average molecular weight is 433 g/mol. The number of rotatable bonds is 15. The Labute approximate surface area is 197 Å². The lowest BCUT2D eigenvalue weighted by atomic mass is 9.90. The maximum Gasteiger partial charge on any atom is 0.162 e. The summed E-state index contributed by atoms with van der Waals surface area (Å²) in [7, 11) is 0. The fourth-order valence-electron chi connectivity index (χ4n) is 5.29. The Morgan fingerprint density at radius 1 is 0.750 bits per heavy atom. The van der Waals surface area contributed by atoms with Gasteiger partial charge in [0, 0.05) is 12.0 Å². The molecule has 0 unspecified atom stereocenters. The summed E-state index contributed by atoms with van der Waals surface area (Å²) >= 11 is 0. The van der Waals surface area contributed by atoms with Gasteiger partial charge in [-0.2, -0.15) is 0 Å². The third kappa shape index (κ3) is 6.80. The number of ketones is 1. The molecule has 0 heterocycles. The SMILES string of the molecule is CCCCCc1ccc2c(c1)Cc1cc(C(=O)CCCC(CCCC)CCCC)ccc1-2. The second-order valence-corrected chi connectivity index (χ2v) is 9.96. The van der Waals surface area contributed by atoms with Crippen molar-refractivity contribution in [2.75, 3.05) is 0 Å². The van der Waals surface area contributed by atoms with Crippen molar-refractivity contribution in [2.24, 2.45) is 5.92 Å². The van der Waals surface area contributed by atoms with E-state index in [4.69, 9.17) is 0 Å². The summed E-state index contributed by atoms with van der Waals surface area (Å²) in [6, 6.07) is 13.4. The van der Waals surface area contributed by atoms with Crippen molar-refractivity contribution in [1.29, 1.82) is 0 Å². The number of benzene rings is 2. The normalized spacial score (nSPS) is 12.2. The van der Waals surface area contributed by atoms with Gasteiger partial charge in [-0.3, -0.25) is 4.79 Å². The van der Waals surface area contributed by atoms with Crippen molar-refractivity contribution in [1.82, 2.24) is 0 Å². The molecule has 1 nitrogen and oxygen atoms in total. The molecule has 0 amide bonds. The first-order chi connectivity index (χ1) is 15.7. The lowest BCUT2D eigenvalue weighted by molar-refractivity contribution is 0.0977. The third-order valence-electron chi connectivity index (χ3n) is 7.29. The van der Waals surface area contributed by atoms with Gasteiger partial charge in [0.15, 0.2) is 5.78 Å². The molecule has 0 saturated carbocycles. The van der Waals surface area contributed by atoms with Gasteiger partial charge in [0.1, 0.15) is 0 Å². The molecule has 0 bridgehead atoms. The molecule has 1 heteroatoms. The summed E-state index contributed by atoms with van der Waals surface area (Å²) in [6.45, 7) is 6.81. The van der Waals surface area contributed by atoms with Crippen LogP contribution in [0.25, 0.3) is 11.1 Å². The molecule has 2 aromatic rings.